The minimum absolute atomic E-state index is 0.0306. The Hall–Kier alpha value is -1.75. The van der Waals surface area contributed by atoms with Gasteiger partial charge in [0.2, 0.25) is 5.91 Å². The number of hydrogen-bond donors (Lipinski definition) is 3. The highest BCUT2D eigenvalue weighted by Gasteiger charge is 2.26. The van der Waals surface area contributed by atoms with E-state index in [0.29, 0.717) is 6.42 Å². The molecule has 116 valence electrons. The van der Waals surface area contributed by atoms with Gasteiger partial charge in [0.05, 0.1) is 6.04 Å². The van der Waals surface area contributed by atoms with E-state index in [-0.39, 0.29) is 23.4 Å². The van der Waals surface area contributed by atoms with Crippen LogP contribution in [0.2, 0.25) is 0 Å². The number of amides is 1. The Kier molecular flexibility index (Phi) is 5.07. The molecule has 1 aromatic carbocycles. The molecule has 1 unspecified atom stereocenters. The average Bonchev–Trinajstić information content (AvgIpc) is 2.66. The molecule has 0 aliphatic carbocycles. The summed E-state index contributed by atoms with van der Waals surface area (Å²) < 4.78 is 0. The van der Waals surface area contributed by atoms with Crippen LogP contribution in [0.15, 0.2) is 18.2 Å². The van der Waals surface area contributed by atoms with E-state index < -0.39 is 6.04 Å². The highest BCUT2D eigenvalue weighted by Crippen LogP contribution is 2.25. The van der Waals surface area contributed by atoms with Crippen LogP contribution in [-0.2, 0) is 11.2 Å². The third-order valence-electron chi connectivity index (χ3n) is 4.15. The van der Waals surface area contributed by atoms with Crippen molar-refractivity contribution in [3.63, 3.8) is 0 Å². The summed E-state index contributed by atoms with van der Waals surface area (Å²) >= 11 is 0. The zero-order valence-corrected chi connectivity index (χ0v) is 12.5. The van der Waals surface area contributed by atoms with E-state index in [1.165, 1.54) is 12.1 Å². The minimum Gasteiger partial charge on any atom is -0.504 e. The van der Waals surface area contributed by atoms with Crippen LogP contribution in [0.3, 0.4) is 0 Å². The summed E-state index contributed by atoms with van der Waals surface area (Å²) in [6.07, 6.45) is 4.73. The Morgan fingerprint density at radius 1 is 1.33 bits per heavy atom. The molecule has 0 aromatic heterocycles. The second-order valence-electron chi connectivity index (χ2n) is 5.86. The van der Waals surface area contributed by atoms with Crippen LogP contribution in [0.1, 0.15) is 38.2 Å². The number of nitrogens with zero attached hydrogens (tertiary/aromatic N) is 1. The summed E-state index contributed by atoms with van der Waals surface area (Å²) in [6, 6.07) is 4.16. The molecule has 0 saturated carbocycles. The lowest BCUT2D eigenvalue weighted by Crippen LogP contribution is -2.48. The number of rotatable bonds is 3. The number of carbonyl (C=O) groups is 1. The fourth-order valence-corrected chi connectivity index (χ4v) is 2.85. The number of benzene rings is 1. The first-order valence-corrected chi connectivity index (χ1v) is 7.56. The second-order valence-corrected chi connectivity index (χ2v) is 5.86. The van der Waals surface area contributed by atoms with Gasteiger partial charge in [-0.15, -0.1) is 0 Å². The predicted molar refractivity (Wildman–Crippen MR) is 81.1 cm³/mol. The molecule has 0 bridgehead atoms. The van der Waals surface area contributed by atoms with Gasteiger partial charge in [0.15, 0.2) is 11.5 Å². The molecule has 1 amide bonds. The lowest BCUT2D eigenvalue weighted by atomic mass is 10.0. The molecule has 1 fully saturated rings. The highest BCUT2D eigenvalue weighted by atomic mass is 16.3. The molecule has 0 radical (unpaired) electrons. The maximum absolute atomic E-state index is 12.5. The van der Waals surface area contributed by atoms with E-state index in [2.05, 4.69) is 6.92 Å². The van der Waals surface area contributed by atoms with Crippen molar-refractivity contribution in [1.29, 1.82) is 0 Å². The van der Waals surface area contributed by atoms with Gasteiger partial charge in [-0.1, -0.05) is 18.9 Å². The average molecular weight is 292 g/mol. The van der Waals surface area contributed by atoms with Gasteiger partial charge in [-0.25, -0.2) is 0 Å². The first kappa shape index (κ1) is 15.6. The third-order valence-corrected chi connectivity index (χ3v) is 4.15. The van der Waals surface area contributed by atoms with Crippen LogP contribution in [0.5, 0.6) is 11.5 Å². The Morgan fingerprint density at radius 3 is 2.81 bits per heavy atom. The molecule has 2 rings (SSSR count). The first-order valence-electron chi connectivity index (χ1n) is 7.56. The molecule has 21 heavy (non-hydrogen) atoms. The van der Waals surface area contributed by atoms with Crippen molar-refractivity contribution < 1.29 is 15.0 Å². The topological polar surface area (TPSA) is 86.8 Å². The Balaban J connectivity index is 2.02. The van der Waals surface area contributed by atoms with Crippen molar-refractivity contribution >= 4 is 5.91 Å². The summed E-state index contributed by atoms with van der Waals surface area (Å²) in [5.41, 5.74) is 6.79. The second kappa shape index (κ2) is 6.80. The molecule has 4 N–H and O–H groups in total. The maximum Gasteiger partial charge on any atom is 0.240 e. The molecular formula is C16H24N2O3. The molecule has 1 aliphatic heterocycles. The summed E-state index contributed by atoms with van der Waals surface area (Å²) in [5.74, 6) is -0.382. The molecule has 1 heterocycles. The summed E-state index contributed by atoms with van der Waals surface area (Å²) in [7, 11) is 0. The van der Waals surface area contributed by atoms with Crippen LogP contribution >= 0.6 is 0 Å². The molecule has 0 spiro atoms. The standard InChI is InChI=1S/C16H24N2O3/c1-11-5-3-2-4-8-18(11)16(21)13(17)9-12-6-7-14(19)15(20)10-12/h6-7,10-11,13,19-20H,2-5,8-9,17H2,1H3/t11?,13-/m0/s1. The molecule has 1 saturated heterocycles. The van der Waals surface area contributed by atoms with Gasteiger partial charge >= 0.3 is 0 Å². The minimum atomic E-state index is -0.616. The zero-order chi connectivity index (χ0) is 15.4. The number of phenolic OH excluding ortho intramolecular Hbond substituents is 2. The van der Waals surface area contributed by atoms with E-state index >= 15 is 0 Å². The van der Waals surface area contributed by atoms with Crippen LogP contribution in [0.25, 0.3) is 0 Å². The third kappa shape index (κ3) is 3.88. The molecule has 1 aromatic rings. The lowest BCUT2D eigenvalue weighted by molar-refractivity contribution is -0.134. The molecule has 2 atom stereocenters. The number of aromatic hydroxyl groups is 2. The zero-order valence-electron chi connectivity index (χ0n) is 12.5. The summed E-state index contributed by atoms with van der Waals surface area (Å²) in [6.45, 7) is 2.84. The van der Waals surface area contributed by atoms with Crippen LogP contribution < -0.4 is 5.73 Å². The number of carbonyl (C=O) groups excluding carboxylic acids is 1. The Labute approximate surface area is 125 Å². The fraction of sp³-hybridized carbons (Fsp3) is 0.562. The van der Waals surface area contributed by atoms with Gasteiger partial charge in [0.1, 0.15) is 0 Å². The van der Waals surface area contributed by atoms with Gasteiger partial charge in [-0.3, -0.25) is 4.79 Å². The van der Waals surface area contributed by atoms with E-state index in [1.807, 2.05) is 4.90 Å². The SMILES string of the molecule is CC1CCCCCN1C(=O)[C@@H](N)Cc1ccc(O)c(O)c1. The van der Waals surface area contributed by atoms with Crippen molar-refractivity contribution in [1.82, 2.24) is 4.90 Å². The Morgan fingerprint density at radius 2 is 2.10 bits per heavy atom. The number of likely N-dealkylation sites (tertiary alicyclic amines) is 1. The number of hydrogen-bond acceptors (Lipinski definition) is 4. The van der Waals surface area contributed by atoms with Crippen molar-refractivity contribution in [2.45, 2.75) is 51.1 Å². The fourth-order valence-electron chi connectivity index (χ4n) is 2.85. The quantitative estimate of drug-likeness (QED) is 0.741. The van der Waals surface area contributed by atoms with Crippen LogP contribution in [0.4, 0.5) is 0 Å². The molecular weight excluding hydrogens is 268 g/mol. The largest absolute Gasteiger partial charge is 0.504 e. The van der Waals surface area contributed by atoms with Crippen molar-refractivity contribution in [3.05, 3.63) is 23.8 Å². The maximum atomic E-state index is 12.5. The van der Waals surface area contributed by atoms with Crippen molar-refractivity contribution in [2.75, 3.05) is 6.54 Å². The molecule has 1 aliphatic rings. The normalized spacial score (nSPS) is 20.9. The van der Waals surface area contributed by atoms with Gasteiger partial charge in [0.25, 0.3) is 0 Å². The monoisotopic (exact) mass is 292 g/mol. The van der Waals surface area contributed by atoms with E-state index in [1.54, 1.807) is 6.07 Å². The lowest BCUT2D eigenvalue weighted by Gasteiger charge is -2.29. The molecule has 5 heteroatoms. The predicted octanol–water partition coefficient (Wildman–Crippen LogP) is 1.76. The van der Waals surface area contributed by atoms with Gasteiger partial charge < -0.3 is 20.8 Å². The van der Waals surface area contributed by atoms with Gasteiger partial charge in [-0.05, 0) is 43.9 Å². The molecule has 5 nitrogen and oxygen atoms in total. The van der Waals surface area contributed by atoms with Crippen LogP contribution in [-0.4, -0.2) is 39.6 Å². The van der Waals surface area contributed by atoms with E-state index in [4.69, 9.17) is 5.73 Å². The summed E-state index contributed by atoms with van der Waals surface area (Å²) in [5, 5.41) is 18.8. The number of nitrogens with two attached hydrogens (primary N) is 1. The highest BCUT2D eigenvalue weighted by molar-refractivity contribution is 5.82. The van der Waals surface area contributed by atoms with Crippen LogP contribution in [0, 0.1) is 0 Å². The van der Waals surface area contributed by atoms with E-state index in [9.17, 15) is 15.0 Å². The van der Waals surface area contributed by atoms with Gasteiger partial charge in [0, 0.05) is 12.6 Å². The smallest absolute Gasteiger partial charge is 0.240 e. The van der Waals surface area contributed by atoms with Crippen molar-refractivity contribution in [3.8, 4) is 11.5 Å². The first-order chi connectivity index (χ1) is 9.99. The summed E-state index contributed by atoms with van der Waals surface area (Å²) in [4.78, 5) is 14.4. The Bertz CT molecular complexity index is 504. The van der Waals surface area contributed by atoms with Crippen molar-refractivity contribution in [2.24, 2.45) is 5.73 Å². The van der Waals surface area contributed by atoms with E-state index in [0.717, 1.165) is 37.8 Å². The van der Waals surface area contributed by atoms with Gasteiger partial charge in [-0.2, -0.15) is 0 Å². The number of phenols is 2.